The van der Waals surface area contributed by atoms with Crippen LogP contribution in [0, 0.1) is 0 Å². The average Bonchev–Trinajstić information content (AvgIpc) is 3.17. The Morgan fingerprint density at radius 1 is 0.760 bits per heavy atom. The van der Waals surface area contributed by atoms with Gasteiger partial charge in [-0.2, -0.15) is 0 Å². The number of ether oxygens (including phenoxy) is 4. The van der Waals surface area contributed by atoms with Crippen LogP contribution in [0.1, 0.15) is 71.6 Å². The second kappa shape index (κ2) is 10.8. The maximum Gasteiger partial charge on any atom is 0.306 e. The third kappa shape index (κ3) is 6.26. The summed E-state index contributed by atoms with van der Waals surface area (Å²) >= 11 is 0. The Morgan fingerprint density at radius 2 is 1.24 bits per heavy atom. The van der Waals surface area contributed by atoms with Gasteiger partial charge in [-0.05, 0) is 12.8 Å². The van der Waals surface area contributed by atoms with E-state index in [4.69, 9.17) is 18.9 Å². The van der Waals surface area contributed by atoms with Gasteiger partial charge in [0, 0.05) is 12.8 Å². The molecule has 0 radical (unpaired) electrons. The number of hydrogen-bond acceptors (Lipinski definition) is 6. The molecule has 2 saturated heterocycles. The van der Waals surface area contributed by atoms with Gasteiger partial charge in [0.1, 0.15) is 12.2 Å². The lowest BCUT2D eigenvalue weighted by molar-refractivity contribution is -0.155. The zero-order chi connectivity index (χ0) is 18.1. The highest BCUT2D eigenvalue weighted by Gasteiger charge is 2.51. The van der Waals surface area contributed by atoms with Crippen LogP contribution in [0.4, 0.5) is 0 Å². The second-order valence-corrected chi connectivity index (χ2v) is 6.92. The molecule has 0 saturated carbocycles. The van der Waals surface area contributed by atoms with E-state index in [2.05, 4.69) is 6.92 Å². The van der Waals surface area contributed by atoms with Crippen molar-refractivity contribution in [3.8, 4) is 0 Å². The molecule has 4 atom stereocenters. The number of esters is 2. The number of carbonyl (C=O) groups is 2. The molecule has 144 valence electrons. The average molecular weight is 356 g/mol. The Kier molecular flexibility index (Phi) is 8.68. The fraction of sp³-hybridized carbons (Fsp3) is 0.895. The summed E-state index contributed by atoms with van der Waals surface area (Å²) in [6.45, 7) is 4.81. The predicted molar refractivity (Wildman–Crippen MR) is 92.1 cm³/mol. The topological polar surface area (TPSA) is 71.1 Å². The summed E-state index contributed by atoms with van der Waals surface area (Å²) in [6.07, 6.45) is 6.66. The summed E-state index contributed by atoms with van der Waals surface area (Å²) in [4.78, 5) is 23.8. The molecule has 0 aliphatic carbocycles. The van der Waals surface area contributed by atoms with Crippen molar-refractivity contribution in [1.82, 2.24) is 0 Å². The van der Waals surface area contributed by atoms with Crippen LogP contribution in [-0.2, 0) is 28.5 Å². The van der Waals surface area contributed by atoms with E-state index in [1.807, 2.05) is 6.92 Å². The lowest BCUT2D eigenvalue weighted by Gasteiger charge is -2.17. The van der Waals surface area contributed by atoms with Crippen LogP contribution in [0.5, 0.6) is 0 Å². The molecule has 0 aromatic rings. The molecule has 0 spiro atoms. The molecule has 25 heavy (non-hydrogen) atoms. The molecule has 2 aliphatic rings. The van der Waals surface area contributed by atoms with Crippen LogP contribution in [0.15, 0.2) is 0 Å². The second-order valence-electron chi connectivity index (χ2n) is 6.92. The van der Waals surface area contributed by atoms with Gasteiger partial charge < -0.3 is 18.9 Å². The van der Waals surface area contributed by atoms with E-state index in [-0.39, 0.29) is 24.1 Å². The van der Waals surface area contributed by atoms with Crippen LogP contribution in [0.3, 0.4) is 0 Å². The maximum atomic E-state index is 12.0. The molecule has 2 fully saturated rings. The largest absolute Gasteiger partial charge is 0.457 e. The summed E-state index contributed by atoms with van der Waals surface area (Å²) in [6, 6.07) is 0. The van der Waals surface area contributed by atoms with Gasteiger partial charge in [-0.3, -0.25) is 9.59 Å². The third-order valence-electron chi connectivity index (χ3n) is 4.75. The number of hydrogen-bond donors (Lipinski definition) is 0. The van der Waals surface area contributed by atoms with E-state index >= 15 is 0 Å². The molecular weight excluding hydrogens is 324 g/mol. The molecule has 6 heteroatoms. The number of unbranched alkanes of at least 4 members (excludes halogenated alkanes) is 5. The van der Waals surface area contributed by atoms with Crippen LogP contribution in [0.25, 0.3) is 0 Å². The van der Waals surface area contributed by atoms with Gasteiger partial charge >= 0.3 is 11.9 Å². The first-order chi connectivity index (χ1) is 12.2. The van der Waals surface area contributed by atoms with E-state index in [9.17, 15) is 9.59 Å². The predicted octanol–water partition coefficient (Wildman–Crippen LogP) is 3.16. The van der Waals surface area contributed by atoms with Gasteiger partial charge in [0.25, 0.3) is 0 Å². The third-order valence-corrected chi connectivity index (χ3v) is 4.75. The van der Waals surface area contributed by atoms with Crippen molar-refractivity contribution >= 4 is 11.9 Å². The summed E-state index contributed by atoms with van der Waals surface area (Å²) in [5, 5.41) is 0. The lowest BCUT2D eigenvalue weighted by atomic mass is 10.1. The highest BCUT2D eigenvalue weighted by molar-refractivity contribution is 5.70. The van der Waals surface area contributed by atoms with Gasteiger partial charge in [0.05, 0.1) is 13.2 Å². The van der Waals surface area contributed by atoms with Crippen LogP contribution in [0.2, 0.25) is 0 Å². The molecule has 2 heterocycles. The van der Waals surface area contributed by atoms with Crippen molar-refractivity contribution in [1.29, 1.82) is 0 Å². The van der Waals surface area contributed by atoms with Crippen molar-refractivity contribution < 1.29 is 28.5 Å². The summed E-state index contributed by atoms with van der Waals surface area (Å²) in [5.41, 5.74) is 0. The highest BCUT2D eigenvalue weighted by atomic mass is 16.7. The molecule has 0 bridgehead atoms. The molecule has 0 amide bonds. The van der Waals surface area contributed by atoms with Crippen molar-refractivity contribution in [2.45, 2.75) is 96.1 Å². The zero-order valence-electron chi connectivity index (χ0n) is 15.5. The smallest absolute Gasteiger partial charge is 0.306 e. The molecule has 0 N–H and O–H groups in total. The molecule has 6 nitrogen and oxygen atoms in total. The Hall–Kier alpha value is -1.14. The summed E-state index contributed by atoms with van der Waals surface area (Å²) in [7, 11) is 0. The monoisotopic (exact) mass is 356 g/mol. The lowest BCUT2D eigenvalue weighted by Crippen LogP contribution is -2.35. The summed E-state index contributed by atoms with van der Waals surface area (Å²) in [5.74, 6) is -0.412. The first-order valence-electron chi connectivity index (χ1n) is 9.77. The summed E-state index contributed by atoms with van der Waals surface area (Å²) < 4.78 is 22.3. The first-order valence-corrected chi connectivity index (χ1v) is 9.77. The van der Waals surface area contributed by atoms with Crippen molar-refractivity contribution in [2.24, 2.45) is 0 Å². The maximum absolute atomic E-state index is 12.0. The SMILES string of the molecule is CCCCCCCC(=O)O[C@@H]1CO[C@H]2[C@@H]1OC[C@@H]2OC(=O)CCCC. The van der Waals surface area contributed by atoms with E-state index < -0.39 is 12.2 Å². The fourth-order valence-electron chi connectivity index (χ4n) is 3.28. The standard InChI is InChI=1S/C19H32O6/c1-3-5-7-8-9-11-17(21)25-15-13-23-18-14(12-22-19(15)18)24-16(20)10-6-4-2/h14-15,18-19H,3-13H2,1-2H3/t14-,15+,18+,19+/m0/s1. The molecule has 0 aromatic heterocycles. The number of carbonyl (C=O) groups excluding carboxylic acids is 2. The van der Waals surface area contributed by atoms with Crippen molar-refractivity contribution in [2.75, 3.05) is 13.2 Å². The molecule has 0 unspecified atom stereocenters. The highest BCUT2D eigenvalue weighted by Crippen LogP contribution is 2.31. The van der Waals surface area contributed by atoms with Crippen LogP contribution < -0.4 is 0 Å². The van der Waals surface area contributed by atoms with Gasteiger partial charge in [0.2, 0.25) is 0 Å². The van der Waals surface area contributed by atoms with Crippen LogP contribution >= 0.6 is 0 Å². The van der Waals surface area contributed by atoms with E-state index in [0.29, 0.717) is 26.1 Å². The molecule has 2 aliphatic heterocycles. The van der Waals surface area contributed by atoms with Gasteiger partial charge in [-0.25, -0.2) is 0 Å². The number of fused-ring (bicyclic) bond motifs is 1. The van der Waals surface area contributed by atoms with Gasteiger partial charge in [0.15, 0.2) is 12.2 Å². The molecule has 2 rings (SSSR count). The minimum Gasteiger partial charge on any atom is -0.457 e. The normalized spacial score (nSPS) is 27.9. The van der Waals surface area contributed by atoms with Crippen molar-refractivity contribution in [3.63, 3.8) is 0 Å². The van der Waals surface area contributed by atoms with Gasteiger partial charge in [-0.1, -0.05) is 46.0 Å². The van der Waals surface area contributed by atoms with Gasteiger partial charge in [-0.15, -0.1) is 0 Å². The van der Waals surface area contributed by atoms with E-state index in [0.717, 1.165) is 32.1 Å². The Morgan fingerprint density at radius 3 is 1.76 bits per heavy atom. The molecule has 0 aromatic carbocycles. The van der Waals surface area contributed by atoms with Crippen LogP contribution in [-0.4, -0.2) is 49.6 Å². The fourth-order valence-corrected chi connectivity index (χ4v) is 3.28. The quantitative estimate of drug-likeness (QED) is 0.418. The first kappa shape index (κ1) is 20.2. The Labute approximate surface area is 150 Å². The minimum atomic E-state index is -0.396. The van der Waals surface area contributed by atoms with E-state index in [1.54, 1.807) is 0 Å². The zero-order valence-corrected chi connectivity index (χ0v) is 15.5. The van der Waals surface area contributed by atoms with E-state index in [1.165, 1.54) is 12.8 Å². The van der Waals surface area contributed by atoms with Crippen molar-refractivity contribution in [3.05, 3.63) is 0 Å². The minimum absolute atomic E-state index is 0.197. The molecular formula is C19H32O6. The number of rotatable bonds is 11. The Bertz CT molecular complexity index is 424. The Balaban J connectivity index is 1.68.